The fraction of sp³-hybridized carbons (Fsp3) is 0.466. The molecule has 2 bridgehead atoms. The van der Waals surface area contributed by atoms with Crippen molar-refractivity contribution in [3.8, 4) is 28.7 Å². The molecule has 3 saturated carbocycles. The van der Waals surface area contributed by atoms with Gasteiger partial charge in [-0.3, -0.25) is 4.79 Å². The van der Waals surface area contributed by atoms with Gasteiger partial charge in [0.15, 0.2) is 35.6 Å². The van der Waals surface area contributed by atoms with Gasteiger partial charge >= 0.3 is 0 Å². The first-order valence-corrected chi connectivity index (χ1v) is 37.0. The molecule has 3 heterocycles. The van der Waals surface area contributed by atoms with Crippen LogP contribution in [0.2, 0.25) is 0 Å². The first-order chi connectivity index (χ1) is 43.4. The number of aliphatic hydroxyl groups excluding tert-OH is 4. The third-order valence-electron chi connectivity index (χ3n) is 20.8. The van der Waals surface area contributed by atoms with Gasteiger partial charge in [-0.25, -0.2) is 0 Å². The summed E-state index contributed by atoms with van der Waals surface area (Å²) < 4.78 is 19.1. The number of aryl methyl sites for hydroxylation is 1. The van der Waals surface area contributed by atoms with Crippen LogP contribution in [0.1, 0.15) is 132 Å². The van der Waals surface area contributed by atoms with Gasteiger partial charge in [-0.1, -0.05) is 142 Å². The predicted molar refractivity (Wildman–Crippen MR) is 362 cm³/mol. The maximum atomic E-state index is 17.9. The van der Waals surface area contributed by atoms with Crippen molar-refractivity contribution in [1.82, 2.24) is 10.3 Å². The summed E-state index contributed by atoms with van der Waals surface area (Å²) in [6, 6.07) is 38.2. The molecule has 12 unspecified atom stereocenters. The van der Waals surface area contributed by atoms with E-state index in [4.69, 9.17) is 14.2 Å². The van der Waals surface area contributed by atoms with E-state index in [0.717, 1.165) is 125 Å². The van der Waals surface area contributed by atoms with Crippen LogP contribution in [0.3, 0.4) is 0 Å². The number of phenolic OH excluding ortho intramolecular Hbond substituents is 2. The Morgan fingerprint density at radius 3 is 2.40 bits per heavy atom. The molecule has 89 heavy (non-hydrogen) atoms. The number of aromatic amines is 1. The number of phenols is 2. The Kier molecular flexibility index (Phi) is 20.3. The number of aliphatic hydroxyl groups is 4. The van der Waals surface area contributed by atoms with Crippen LogP contribution in [-0.4, -0.2) is 105 Å². The van der Waals surface area contributed by atoms with Gasteiger partial charge in [-0.2, -0.15) is 0 Å². The van der Waals surface area contributed by atoms with Gasteiger partial charge < -0.3 is 55.2 Å². The SMILES string of the molecule is CCc1ccc2cccc3c2c1Cc1c(ccc(O)c1OC)CC(Cc1cc[nH]c1)C(O)C1C(=O)C(c2cc(O)cc(C4(NC)CCCC(Cc5ccccc5)C4)c2)(C2CSSCC4CCCCC4Oc4cc2ccc4OCO)C(O)CC1CSSC3CO. The van der Waals surface area contributed by atoms with Crippen LogP contribution in [0.15, 0.2) is 128 Å². The number of aromatic hydroxyl groups is 2. The van der Waals surface area contributed by atoms with Crippen LogP contribution in [-0.2, 0) is 47.9 Å². The van der Waals surface area contributed by atoms with Crippen molar-refractivity contribution in [2.24, 2.45) is 29.6 Å². The van der Waals surface area contributed by atoms with E-state index in [1.54, 1.807) is 62.4 Å². The Labute approximate surface area is 539 Å². The number of nitrogens with one attached hydrogen (secondary N) is 2. The zero-order chi connectivity index (χ0) is 61.8. The molecule has 8 N–H and O–H groups in total. The Hall–Kier alpha value is -5.27. The minimum atomic E-state index is -1.78. The van der Waals surface area contributed by atoms with Gasteiger partial charge in [-0.05, 0) is 193 Å². The summed E-state index contributed by atoms with van der Waals surface area (Å²) in [6.45, 7) is 1.42. The molecule has 0 radical (unpaired) electrons. The summed E-state index contributed by atoms with van der Waals surface area (Å²) in [4.78, 5) is 21.1. The maximum Gasteiger partial charge on any atom is 0.186 e. The van der Waals surface area contributed by atoms with Gasteiger partial charge in [0, 0.05) is 64.9 Å². The molecule has 472 valence electrons. The average Bonchev–Trinajstić information content (AvgIpc) is 0.889. The van der Waals surface area contributed by atoms with E-state index in [2.05, 4.69) is 71.8 Å². The molecule has 16 heteroatoms. The number of hydrogen-bond acceptors (Lipinski definition) is 15. The Morgan fingerprint density at radius 2 is 1.62 bits per heavy atom. The molecule has 3 aliphatic carbocycles. The third-order valence-corrected chi connectivity index (χ3v) is 26.2. The van der Waals surface area contributed by atoms with Crippen LogP contribution >= 0.6 is 43.2 Å². The van der Waals surface area contributed by atoms with E-state index in [9.17, 15) is 30.6 Å². The van der Waals surface area contributed by atoms with Crippen molar-refractivity contribution in [1.29, 1.82) is 0 Å². The number of carbonyl (C=O) groups is 1. The maximum absolute atomic E-state index is 17.9. The topological polar surface area (TPSA) is 194 Å². The van der Waals surface area contributed by atoms with Crippen LogP contribution < -0.4 is 19.5 Å². The number of fused-ring (bicyclic) bond motifs is 5. The summed E-state index contributed by atoms with van der Waals surface area (Å²) in [6.07, 6.45) is 11.5. The van der Waals surface area contributed by atoms with Crippen molar-refractivity contribution in [3.05, 3.63) is 183 Å². The van der Waals surface area contributed by atoms with Crippen LogP contribution in [0.5, 0.6) is 28.7 Å². The fourth-order valence-corrected chi connectivity index (χ4v) is 22.1. The second-order valence-electron chi connectivity index (χ2n) is 25.7. The second kappa shape index (κ2) is 28.3. The Morgan fingerprint density at radius 1 is 0.798 bits per heavy atom. The number of methoxy groups -OCH3 is 1. The number of rotatable bonds is 13. The van der Waals surface area contributed by atoms with Crippen molar-refractivity contribution in [3.63, 3.8) is 0 Å². The lowest BCUT2D eigenvalue weighted by Gasteiger charge is -2.53. The van der Waals surface area contributed by atoms with Crippen molar-refractivity contribution in [2.45, 2.75) is 137 Å². The van der Waals surface area contributed by atoms with Crippen LogP contribution in [0.4, 0.5) is 0 Å². The predicted octanol–water partition coefficient (Wildman–Crippen LogP) is 13.7. The standard InChI is InChI=1S/C73H86N2O10S4/c1-4-47-19-20-48-16-10-17-57-65(39-76)89-88-41-53-32-66(80)73(60-42-87-86-40-51-15-8-9-18-62(51)85-64-31-50(60)22-24-63(64)84-43-77,55-33-54(34-56(78)35-55)72(74-2)26-11-14-45(37-72)28-44-12-6-5-7-13-44)71(82)68(53)69(81)52(29-46-25-27-75-38-46)30-49-21-23-61(79)70(83-3)59(49)36-58(47)67(48)57/h5-7,10,12-13,16-17,19-25,27,31,33-35,38,45,51-53,60,62,65-66,68-69,74-81H,4,8-9,11,14-15,18,26,28-30,32,36-37,39-43H2,1-3H3. The number of Topliss-reactive ketones (excluding diaryl/α,β-unsaturated/α-hetero) is 1. The van der Waals surface area contributed by atoms with E-state index in [1.807, 2.05) is 68.0 Å². The van der Waals surface area contributed by atoms with Gasteiger partial charge in [0.2, 0.25) is 0 Å². The smallest absolute Gasteiger partial charge is 0.186 e. The molecule has 2 aliphatic heterocycles. The molecule has 3 fully saturated rings. The molecule has 12 nitrogen and oxygen atoms in total. The summed E-state index contributed by atoms with van der Waals surface area (Å²) in [5.74, 6) is 0.0564. The summed E-state index contributed by atoms with van der Waals surface area (Å²) in [5.41, 5.74) is 6.77. The first-order valence-electron chi connectivity index (χ1n) is 32.1. The molecule has 0 saturated heterocycles. The van der Waals surface area contributed by atoms with Gasteiger partial charge in [0.25, 0.3) is 0 Å². The van der Waals surface area contributed by atoms with Gasteiger partial charge in [0.1, 0.15) is 11.9 Å². The Bertz CT molecular complexity index is 3570. The highest BCUT2D eigenvalue weighted by molar-refractivity contribution is 8.77. The lowest BCUT2D eigenvalue weighted by Crippen LogP contribution is -2.62. The Balaban J connectivity index is 1.06. The highest BCUT2D eigenvalue weighted by Crippen LogP contribution is 2.58. The fourth-order valence-electron chi connectivity index (χ4n) is 16.4. The molecule has 12 rings (SSSR count). The molecule has 1 aromatic heterocycles. The molecule has 5 aliphatic rings. The van der Waals surface area contributed by atoms with Gasteiger partial charge in [-0.15, -0.1) is 0 Å². The summed E-state index contributed by atoms with van der Waals surface area (Å²) >= 11 is 0. The minimum absolute atomic E-state index is 0.00177. The van der Waals surface area contributed by atoms with Crippen molar-refractivity contribution in [2.75, 3.05) is 44.8 Å². The third kappa shape index (κ3) is 12.9. The van der Waals surface area contributed by atoms with Crippen LogP contribution in [0.25, 0.3) is 10.8 Å². The quantitative estimate of drug-likeness (QED) is 0.0401. The highest BCUT2D eigenvalue weighted by atomic mass is 33.1. The van der Waals surface area contributed by atoms with E-state index in [0.29, 0.717) is 59.5 Å². The lowest BCUT2D eigenvalue weighted by atomic mass is 9.52. The van der Waals surface area contributed by atoms with Crippen molar-refractivity contribution >= 4 is 59.7 Å². The number of carbonyl (C=O) groups excluding carboxylic acids is 1. The monoisotopic (exact) mass is 1280 g/mol. The van der Waals surface area contributed by atoms with Crippen molar-refractivity contribution < 1.29 is 49.6 Å². The number of benzene rings is 6. The van der Waals surface area contributed by atoms with Crippen LogP contribution in [0, 0.1) is 29.6 Å². The van der Waals surface area contributed by atoms with E-state index < -0.39 is 58.9 Å². The number of H-pyrrole nitrogens is 1. The molecule has 6 aromatic carbocycles. The number of aromatic nitrogens is 1. The minimum Gasteiger partial charge on any atom is -0.508 e. The molecule has 7 aromatic rings. The molecule has 0 spiro atoms. The molecular weight excluding hydrogens is 1190 g/mol. The summed E-state index contributed by atoms with van der Waals surface area (Å²) in [7, 11) is 10.2. The number of ether oxygens (including phenoxy) is 3. The average molecular weight is 1280 g/mol. The molecular formula is C73H86N2O10S4. The number of ketones is 1. The normalized spacial score (nSPS) is 28.6. The van der Waals surface area contributed by atoms with E-state index >= 15 is 4.79 Å². The molecule has 12 atom stereocenters. The zero-order valence-electron chi connectivity index (χ0n) is 51.3. The lowest BCUT2D eigenvalue weighted by molar-refractivity contribution is -0.150. The number of hydrogen-bond donors (Lipinski definition) is 8. The summed E-state index contributed by atoms with van der Waals surface area (Å²) in [5, 5.41) is 79.8. The van der Waals surface area contributed by atoms with E-state index in [1.165, 1.54) is 5.56 Å². The zero-order valence-corrected chi connectivity index (χ0v) is 54.5. The molecule has 0 amide bonds. The van der Waals surface area contributed by atoms with Gasteiger partial charge in [0.05, 0.1) is 36.6 Å². The first kappa shape index (κ1) is 63.9. The van der Waals surface area contributed by atoms with E-state index in [-0.39, 0.29) is 42.3 Å². The highest BCUT2D eigenvalue weighted by Gasteiger charge is 2.62. The second-order valence-corrected chi connectivity index (χ2v) is 30.9. The largest absolute Gasteiger partial charge is 0.508 e.